The molecule has 0 atom stereocenters. The molecule has 0 spiro atoms. The van der Waals surface area contributed by atoms with Crippen LogP contribution in [0.5, 0.6) is 0 Å². The Balaban J connectivity index is 2.53. The Morgan fingerprint density at radius 1 is 1.62 bits per heavy atom. The van der Waals surface area contributed by atoms with Gasteiger partial charge in [-0.25, -0.2) is 0 Å². The van der Waals surface area contributed by atoms with Crippen molar-refractivity contribution < 1.29 is 4.12 Å². The zero-order chi connectivity index (χ0) is 6.24. The molecule has 0 aromatic carbocycles. The van der Waals surface area contributed by atoms with Crippen molar-refractivity contribution >= 4 is 37.4 Å². The van der Waals surface area contributed by atoms with Crippen molar-refractivity contribution in [2.75, 3.05) is 0 Å². The van der Waals surface area contributed by atoms with Crippen LogP contribution < -0.4 is 0 Å². The molecule has 50 valence electrons. The van der Waals surface area contributed by atoms with Gasteiger partial charge >= 0.3 is 0 Å². The van der Waals surface area contributed by atoms with Gasteiger partial charge in [-0.2, -0.15) is 0 Å². The van der Waals surface area contributed by atoms with Gasteiger partial charge in [-0.3, -0.25) is 0 Å². The normalized spacial score (nSPS) is 14.6. The van der Waals surface area contributed by atoms with E-state index in [1.54, 1.807) is 6.04 Å². The lowest BCUT2D eigenvalue weighted by Gasteiger charge is -1.93. The van der Waals surface area contributed by atoms with E-state index in [2.05, 4.69) is 6.92 Å². The van der Waals surface area contributed by atoms with Gasteiger partial charge in [0.25, 0.3) is 0 Å². The fourth-order valence-electron chi connectivity index (χ4n) is 0.673. The summed E-state index contributed by atoms with van der Waals surface area (Å²) in [6.07, 6.45) is 1.44. The third-order valence-electron chi connectivity index (χ3n) is 1.20. The molecule has 0 rings (SSSR count). The molecule has 0 aliphatic rings. The molecular weight excluding hydrogens is 164 g/mol. The molecular formula is C3H16OSi4. The fourth-order valence-corrected chi connectivity index (χ4v) is 21.5. The van der Waals surface area contributed by atoms with Crippen molar-refractivity contribution in [3.05, 3.63) is 0 Å². The highest BCUT2D eigenvalue weighted by molar-refractivity contribution is 7.28. The van der Waals surface area contributed by atoms with E-state index in [0.29, 0.717) is 17.6 Å². The molecule has 0 amide bonds. The minimum absolute atomic E-state index is 0.164. The Morgan fingerprint density at radius 3 is 2.88 bits per heavy atom. The summed E-state index contributed by atoms with van der Waals surface area (Å²) in [6.45, 7) is 2.30. The number of hydrogen-bond acceptors (Lipinski definition) is 1. The van der Waals surface area contributed by atoms with Crippen molar-refractivity contribution in [1.82, 2.24) is 0 Å². The first-order chi connectivity index (χ1) is 3.91. The molecule has 0 aliphatic carbocycles. The maximum absolute atomic E-state index is 5.26. The Bertz CT molecular complexity index is 36.3. The summed E-state index contributed by atoms with van der Waals surface area (Å²) >= 11 is 0. The predicted molar refractivity (Wildman–Crippen MR) is 51.8 cm³/mol. The zero-order valence-electron chi connectivity index (χ0n) is 5.94. The first-order valence-corrected chi connectivity index (χ1v) is 13.8. The second kappa shape index (κ2) is 7.83. The van der Waals surface area contributed by atoms with Gasteiger partial charge in [-0.1, -0.05) is 19.4 Å². The standard InChI is InChI=1S/C3H16OSi4/c1-2-3-6-8-7-4-5/h2-3,6-8H2,1,5H3. The maximum atomic E-state index is 5.26. The molecule has 1 nitrogen and oxygen atoms in total. The van der Waals surface area contributed by atoms with E-state index in [4.69, 9.17) is 4.12 Å². The van der Waals surface area contributed by atoms with Gasteiger partial charge in [0.15, 0.2) is 0 Å². The van der Waals surface area contributed by atoms with E-state index in [-0.39, 0.29) is 9.28 Å². The van der Waals surface area contributed by atoms with Crippen molar-refractivity contribution in [2.24, 2.45) is 0 Å². The summed E-state index contributed by atoms with van der Waals surface area (Å²) in [5, 5.41) is 0. The van der Waals surface area contributed by atoms with Gasteiger partial charge in [-0.15, -0.1) is 0 Å². The topological polar surface area (TPSA) is 9.23 Å². The molecule has 5 heteroatoms. The van der Waals surface area contributed by atoms with Gasteiger partial charge in [0.05, 0.1) is 0 Å². The molecule has 0 saturated heterocycles. The monoisotopic (exact) mass is 180 g/mol. The van der Waals surface area contributed by atoms with Crippen LogP contribution in [-0.4, -0.2) is 37.4 Å². The van der Waals surface area contributed by atoms with E-state index in [0.717, 1.165) is 10.5 Å². The third kappa shape index (κ3) is 6.83. The lowest BCUT2D eigenvalue weighted by molar-refractivity contribution is 0.682. The van der Waals surface area contributed by atoms with Crippen LogP contribution in [0.4, 0.5) is 0 Å². The average molecular weight is 181 g/mol. The van der Waals surface area contributed by atoms with Crippen LogP contribution in [0.25, 0.3) is 0 Å². The lowest BCUT2D eigenvalue weighted by Crippen LogP contribution is -2.13. The van der Waals surface area contributed by atoms with Crippen LogP contribution in [0, 0.1) is 0 Å². The molecule has 8 heavy (non-hydrogen) atoms. The molecule has 0 aromatic heterocycles. The SMILES string of the molecule is CCC[SiH2][SiH2][SiH2]O[SiH3]. The summed E-state index contributed by atoms with van der Waals surface area (Å²) in [5.74, 6) is 0. The second-order valence-corrected chi connectivity index (χ2v) is 18.7. The molecule has 0 heterocycles. The first-order valence-electron chi connectivity index (χ1n) is 3.40. The van der Waals surface area contributed by atoms with Crippen LogP contribution >= 0.6 is 0 Å². The Hall–Kier alpha value is 0.828. The highest BCUT2D eigenvalue weighted by atomic mass is 29.5. The first kappa shape index (κ1) is 8.83. The highest BCUT2D eigenvalue weighted by Gasteiger charge is 1.86. The van der Waals surface area contributed by atoms with Gasteiger partial charge in [0.2, 0.25) is 0 Å². The Morgan fingerprint density at radius 2 is 2.38 bits per heavy atom. The van der Waals surface area contributed by atoms with Crippen LogP contribution in [0.15, 0.2) is 0 Å². The van der Waals surface area contributed by atoms with Crippen LogP contribution in [-0.2, 0) is 4.12 Å². The van der Waals surface area contributed by atoms with E-state index in [9.17, 15) is 0 Å². The molecule has 0 aromatic rings. The lowest BCUT2D eigenvalue weighted by atomic mass is 10.6. The summed E-state index contributed by atoms with van der Waals surface area (Å²) in [5.41, 5.74) is 0. The third-order valence-corrected chi connectivity index (χ3v) is 19.5. The minimum Gasteiger partial charge on any atom is -0.471 e. The second-order valence-electron chi connectivity index (χ2n) is 2.05. The van der Waals surface area contributed by atoms with E-state index >= 15 is 0 Å². The van der Waals surface area contributed by atoms with E-state index in [1.807, 2.05) is 0 Å². The molecule has 0 fully saturated rings. The molecule has 0 aliphatic heterocycles. The van der Waals surface area contributed by atoms with Gasteiger partial charge in [-0.05, 0) is 0 Å². The molecule has 0 unspecified atom stereocenters. The van der Waals surface area contributed by atoms with Crippen molar-refractivity contribution in [1.29, 1.82) is 0 Å². The van der Waals surface area contributed by atoms with Crippen molar-refractivity contribution in [3.8, 4) is 0 Å². The van der Waals surface area contributed by atoms with Gasteiger partial charge in [0, 0.05) is 17.6 Å². The molecule has 0 saturated carbocycles. The molecule has 0 bridgehead atoms. The average Bonchev–Trinajstić information content (AvgIpc) is 1.81. The summed E-state index contributed by atoms with van der Waals surface area (Å²) in [4.78, 5) is 0. The maximum Gasteiger partial charge on any atom is 0.129 e. The number of rotatable bonds is 5. The van der Waals surface area contributed by atoms with E-state index in [1.165, 1.54) is 6.42 Å². The Kier molecular flexibility index (Phi) is 8.64. The van der Waals surface area contributed by atoms with Crippen LogP contribution in [0.3, 0.4) is 0 Å². The van der Waals surface area contributed by atoms with Crippen LogP contribution in [0.2, 0.25) is 6.04 Å². The fraction of sp³-hybridized carbons (Fsp3) is 1.00. The summed E-state index contributed by atoms with van der Waals surface area (Å²) in [7, 11) is 2.18. The number of hydrogen-bond donors (Lipinski definition) is 0. The highest BCUT2D eigenvalue weighted by Crippen LogP contribution is 1.81. The Labute approximate surface area is 61.3 Å². The van der Waals surface area contributed by atoms with Gasteiger partial charge < -0.3 is 4.12 Å². The predicted octanol–water partition coefficient (Wildman–Crippen LogP) is -2.64. The minimum atomic E-state index is 0.164. The molecule has 0 N–H and O–H groups in total. The molecule has 0 radical (unpaired) electrons. The summed E-state index contributed by atoms with van der Waals surface area (Å²) < 4.78 is 5.26. The zero-order valence-corrected chi connectivity index (χ0v) is 12.2. The van der Waals surface area contributed by atoms with Crippen LogP contribution in [0.1, 0.15) is 13.3 Å². The largest absolute Gasteiger partial charge is 0.471 e. The quantitative estimate of drug-likeness (QED) is 0.332. The van der Waals surface area contributed by atoms with Gasteiger partial charge in [0.1, 0.15) is 19.8 Å². The van der Waals surface area contributed by atoms with E-state index < -0.39 is 0 Å². The smallest absolute Gasteiger partial charge is 0.129 e. The summed E-state index contributed by atoms with van der Waals surface area (Å²) in [6, 6.07) is 1.60. The van der Waals surface area contributed by atoms with Crippen molar-refractivity contribution in [3.63, 3.8) is 0 Å². The van der Waals surface area contributed by atoms with Crippen molar-refractivity contribution in [2.45, 2.75) is 19.4 Å².